The van der Waals surface area contributed by atoms with Crippen LogP contribution in [0.5, 0.6) is 11.5 Å². The summed E-state index contributed by atoms with van der Waals surface area (Å²) in [7, 11) is 0. The molecule has 0 atom stereocenters. The number of aromatic hydroxyl groups is 1. The minimum Gasteiger partial charge on any atom is -0.506 e. The Hall–Kier alpha value is -3.46. The Morgan fingerprint density at radius 1 is 1.30 bits per heavy atom. The summed E-state index contributed by atoms with van der Waals surface area (Å²) in [5, 5.41) is 25.4. The van der Waals surface area contributed by atoms with Crippen molar-refractivity contribution in [3.8, 4) is 11.5 Å². The van der Waals surface area contributed by atoms with Crippen molar-refractivity contribution < 1.29 is 19.6 Å². The van der Waals surface area contributed by atoms with Crippen LogP contribution in [0.3, 0.4) is 0 Å². The molecule has 0 bridgehead atoms. The Morgan fingerprint density at radius 2 is 2.00 bits per heavy atom. The number of hydrogen-bond donors (Lipinski definition) is 3. The lowest BCUT2D eigenvalue weighted by Gasteiger charge is -2.09. The number of ether oxygens (including phenoxy) is 1. The number of thiocarbonyl (C=S) groups is 1. The average Bonchev–Trinajstić information content (AvgIpc) is 2.63. The van der Waals surface area contributed by atoms with Crippen molar-refractivity contribution in [3.05, 3.63) is 64.2 Å². The lowest BCUT2D eigenvalue weighted by atomic mass is 10.2. The van der Waals surface area contributed by atoms with E-state index in [2.05, 4.69) is 10.6 Å². The zero-order valence-corrected chi connectivity index (χ0v) is 15.2. The molecule has 0 fully saturated rings. The molecule has 0 spiro atoms. The van der Waals surface area contributed by atoms with E-state index in [0.717, 1.165) is 29.5 Å². The second-order valence-electron chi connectivity index (χ2n) is 5.24. The van der Waals surface area contributed by atoms with Gasteiger partial charge in [0.15, 0.2) is 5.11 Å². The molecule has 3 N–H and O–H groups in total. The van der Waals surface area contributed by atoms with Gasteiger partial charge >= 0.3 is 0 Å². The number of rotatable bonds is 6. The number of benzene rings is 2. The van der Waals surface area contributed by atoms with Gasteiger partial charge in [-0.3, -0.25) is 20.2 Å². The minimum absolute atomic E-state index is 0.0185. The largest absolute Gasteiger partial charge is 0.506 e. The molecule has 0 saturated carbocycles. The quantitative estimate of drug-likeness (QED) is 0.229. The van der Waals surface area contributed by atoms with Crippen LogP contribution in [0.2, 0.25) is 0 Å². The molecule has 0 saturated heterocycles. The van der Waals surface area contributed by atoms with Gasteiger partial charge in [-0.15, -0.1) is 0 Å². The number of carbonyl (C=O) groups is 1. The van der Waals surface area contributed by atoms with Gasteiger partial charge in [0.05, 0.1) is 17.2 Å². The summed E-state index contributed by atoms with van der Waals surface area (Å²) >= 11 is 4.98. The highest BCUT2D eigenvalue weighted by atomic mass is 32.1. The van der Waals surface area contributed by atoms with Crippen molar-refractivity contribution in [3.63, 3.8) is 0 Å². The zero-order valence-electron chi connectivity index (χ0n) is 14.3. The number of non-ortho nitro benzene ring substituents is 1. The first kappa shape index (κ1) is 19.9. The standard InChI is InChI=1S/C18H17N3O5S/c1-2-26-14-7-3-12(4-8-14)5-10-17(23)20-18(27)19-15-11-13(21(24)25)6-9-16(15)22/h3-11,22H,2H2,1H3,(H2,19,20,23,27)/b10-5+. The molecule has 8 nitrogen and oxygen atoms in total. The molecule has 0 radical (unpaired) electrons. The maximum Gasteiger partial charge on any atom is 0.271 e. The third kappa shape index (κ3) is 6.08. The SMILES string of the molecule is CCOc1ccc(/C=C/C(=O)NC(=S)Nc2cc([N+](=O)[O-])ccc2O)cc1. The van der Waals surface area contributed by atoms with Gasteiger partial charge in [0, 0.05) is 18.2 Å². The normalized spacial score (nSPS) is 10.4. The molecule has 2 aromatic carbocycles. The Balaban J connectivity index is 1.94. The summed E-state index contributed by atoms with van der Waals surface area (Å²) in [4.78, 5) is 22.1. The van der Waals surface area contributed by atoms with E-state index in [1.165, 1.54) is 6.08 Å². The summed E-state index contributed by atoms with van der Waals surface area (Å²) in [5.74, 6) is 0.00896. The van der Waals surface area contributed by atoms with Crippen LogP contribution in [0.25, 0.3) is 6.08 Å². The number of phenolic OH excluding ortho intramolecular Hbond substituents is 1. The number of nitrogens with one attached hydrogen (secondary N) is 2. The first-order chi connectivity index (χ1) is 12.9. The third-order valence-corrected chi connectivity index (χ3v) is 3.50. The maximum atomic E-state index is 11.9. The molecule has 27 heavy (non-hydrogen) atoms. The van der Waals surface area contributed by atoms with Crippen LogP contribution in [0.4, 0.5) is 11.4 Å². The minimum atomic E-state index is -0.605. The average molecular weight is 387 g/mol. The van der Waals surface area contributed by atoms with Crippen LogP contribution >= 0.6 is 12.2 Å². The molecule has 0 heterocycles. The first-order valence-corrected chi connectivity index (χ1v) is 8.30. The molecule has 2 aromatic rings. The molecule has 2 rings (SSSR count). The molecule has 1 amide bonds. The maximum absolute atomic E-state index is 11.9. The smallest absolute Gasteiger partial charge is 0.271 e. The molecule has 0 aromatic heterocycles. The van der Waals surface area contributed by atoms with Crippen LogP contribution in [-0.4, -0.2) is 27.7 Å². The number of amides is 1. The van der Waals surface area contributed by atoms with Crippen molar-refractivity contribution >= 4 is 40.7 Å². The highest BCUT2D eigenvalue weighted by Gasteiger charge is 2.12. The van der Waals surface area contributed by atoms with Crippen molar-refractivity contribution in [1.29, 1.82) is 0 Å². The summed E-state index contributed by atoms with van der Waals surface area (Å²) < 4.78 is 5.34. The van der Waals surface area contributed by atoms with Crippen molar-refractivity contribution in [1.82, 2.24) is 5.32 Å². The lowest BCUT2D eigenvalue weighted by molar-refractivity contribution is -0.384. The second-order valence-corrected chi connectivity index (χ2v) is 5.65. The fourth-order valence-corrected chi connectivity index (χ4v) is 2.27. The Bertz CT molecular complexity index is 881. The molecule has 9 heteroatoms. The van der Waals surface area contributed by atoms with Crippen LogP contribution in [0.15, 0.2) is 48.5 Å². The highest BCUT2D eigenvalue weighted by Crippen LogP contribution is 2.27. The Kier molecular flexibility index (Phi) is 6.84. The Morgan fingerprint density at radius 3 is 2.63 bits per heavy atom. The van der Waals surface area contributed by atoms with E-state index in [0.29, 0.717) is 6.61 Å². The molecule has 0 unspecified atom stereocenters. The van der Waals surface area contributed by atoms with Gasteiger partial charge in [-0.25, -0.2) is 0 Å². The second kappa shape index (κ2) is 9.30. The van der Waals surface area contributed by atoms with Crippen molar-refractivity contribution in [2.75, 3.05) is 11.9 Å². The van der Waals surface area contributed by atoms with E-state index in [1.54, 1.807) is 30.3 Å². The number of nitro benzene ring substituents is 1. The number of nitro groups is 1. The van der Waals surface area contributed by atoms with Gasteiger partial charge in [-0.05, 0) is 49.0 Å². The predicted octanol–water partition coefficient (Wildman–Crippen LogP) is 3.23. The van der Waals surface area contributed by atoms with Gasteiger partial charge < -0.3 is 15.2 Å². The molecular weight excluding hydrogens is 370 g/mol. The monoisotopic (exact) mass is 387 g/mol. The van der Waals surface area contributed by atoms with E-state index in [-0.39, 0.29) is 22.2 Å². The van der Waals surface area contributed by atoms with Gasteiger partial charge in [-0.2, -0.15) is 0 Å². The first-order valence-electron chi connectivity index (χ1n) is 7.89. The van der Waals surface area contributed by atoms with E-state index in [4.69, 9.17) is 17.0 Å². The number of nitrogens with zero attached hydrogens (tertiary/aromatic N) is 1. The van der Waals surface area contributed by atoms with E-state index in [9.17, 15) is 20.0 Å². The fourth-order valence-electron chi connectivity index (χ4n) is 2.06. The number of phenols is 1. The van der Waals surface area contributed by atoms with Crippen molar-refractivity contribution in [2.45, 2.75) is 6.92 Å². The Labute approximate surface area is 160 Å². The van der Waals surface area contributed by atoms with E-state index in [1.807, 2.05) is 6.92 Å². The summed E-state index contributed by atoms with van der Waals surface area (Å²) in [5.41, 5.74) is 0.591. The molecule has 0 aliphatic heterocycles. The molecule has 0 aliphatic rings. The van der Waals surface area contributed by atoms with E-state index < -0.39 is 10.8 Å². The summed E-state index contributed by atoms with van der Waals surface area (Å²) in [6.45, 7) is 2.46. The third-order valence-electron chi connectivity index (χ3n) is 3.29. The van der Waals surface area contributed by atoms with Gasteiger partial charge in [0.25, 0.3) is 5.69 Å². The zero-order chi connectivity index (χ0) is 19.8. The van der Waals surface area contributed by atoms with Crippen molar-refractivity contribution in [2.24, 2.45) is 0 Å². The molecular formula is C18H17N3O5S. The number of hydrogen-bond acceptors (Lipinski definition) is 6. The molecule has 0 aliphatic carbocycles. The summed E-state index contributed by atoms with van der Waals surface area (Å²) in [6, 6.07) is 10.6. The van der Waals surface area contributed by atoms with Gasteiger partial charge in [0.2, 0.25) is 5.91 Å². The van der Waals surface area contributed by atoms with Crippen LogP contribution < -0.4 is 15.4 Å². The van der Waals surface area contributed by atoms with Gasteiger partial charge in [0.1, 0.15) is 11.5 Å². The van der Waals surface area contributed by atoms with E-state index >= 15 is 0 Å². The lowest BCUT2D eigenvalue weighted by Crippen LogP contribution is -2.32. The number of anilines is 1. The predicted molar refractivity (Wildman–Crippen MR) is 106 cm³/mol. The highest BCUT2D eigenvalue weighted by molar-refractivity contribution is 7.80. The van der Waals surface area contributed by atoms with Crippen LogP contribution in [0.1, 0.15) is 12.5 Å². The molecule has 140 valence electrons. The van der Waals surface area contributed by atoms with Crippen LogP contribution in [0, 0.1) is 10.1 Å². The topological polar surface area (TPSA) is 114 Å². The number of carbonyl (C=O) groups excluding carboxylic acids is 1. The summed E-state index contributed by atoms with van der Waals surface area (Å²) in [6.07, 6.45) is 2.88. The van der Waals surface area contributed by atoms with Crippen LogP contribution in [-0.2, 0) is 4.79 Å². The van der Waals surface area contributed by atoms with Gasteiger partial charge in [-0.1, -0.05) is 12.1 Å². The fraction of sp³-hybridized carbons (Fsp3) is 0.111.